The summed E-state index contributed by atoms with van der Waals surface area (Å²) in [6.45, 7) is 5.55. The minimum Gasteiger partial charge on any atom is -0.483 e. The molecule has 0 N–H and O–H groups in total. The molecule has 1 aliphatic heterocycles. The summed E-state index contributed by atoms with van der Waals surface area (Å²) in [5.74, 6) is 3.54. The lowest BCUT2D eigenvalue weighted by Crippen LogP contribution is -2.27. The molecule has 0 saturated heterocycles. The summed E-state index contributed by atoms with van der Waals surface area (Å²) in [7, 11) is 0. The third-order valence-corrected chi connectivity index (χ3v) is 2.86. The number of carbonyl (C=O) groups excluding carboxylic acids is 1. The van der Waals surface area contributed by atoms with Crippen LogP contribution in [0.5, 0.6) is 11.5 Å². The van der Waals surface area contributed by atoms with E-state index in [2.05, 4.69) is 5.92 Å². The highest BCUT2D eigenvalue weighted by atomic mass is 16.5. The first-order valence-electron chi connectivity index (χ1n) is 6.07. The van der Waals surface area contributed by atoms with Crippen LogP contribution in [-0.2, 0) is 0 Å². The van der Waals surface area contributed by atoms with E-state index >= 15 is 0 Å². The summed E-state index contributed by atoms with van der Waals surface area (Å²) >= 11 is 0. The van der Waals surface area contributed by atoms with E-state index in [9.17, 15) is 4.79 Å². The predicted molar refractivity (Wildman–Crippen MR) is 74.5 cm³/mol. The normalized spacial score (nSPS) is 15.1. The van der Waals surface area contributed by atoms with Crippen LogP contribution in [0.4, 0.5) is 0 Å². The summed E-state index contributed by atoms with van der Waals surface area (Å²) in [5, 5.41) is 0. The van der Waals surface area contributed by atoms with Gasteiger partial charge >= 0.3 is 0 Å². The van der Waals surface area contributed by atoms with Gasteiger partial charge in [-0.05, 0) is 45.1 Å². The van der Waals surface area contributed by atoms with Gasteiger partial charge in [-0.3, -0.25) is 4.79 Å². The molecule has 0 unspecified atom stereocenters. The Hall–Kier alpha value is -2.21. The van der Waals surface area contributed by atoms with Crippen molar-refractivity contribution in [2.75, 3.05) is 6.61 Å². The zero-order chi connectivity index (χ0) is 14.0. The highest BCUT2D eigenvalue weighted by Gasteiger charge is 2.25. The molecular formula is C16H16O3. The molecule has 0 aliphatic carbocycles. The van der Waals surface area contributed by atoms with Gasteiger partial charge in [0.2, 0.25) is 0 Å². The van der Waals surface area contributed by atoms with Crippen LogP contribution in [0, 0.1) is 12.3 Å². The van der Waals surface area contributed by atoms with Crippen molar-refractivity contribution in [1.29, 1.82) is 0 Å². The van der Waals surface area contributed by atoms with Crippen molar-refractivity contribution in [3.05, 3.63) is 29.3 Å². The van der Waals surface area contributed by atoms with Crippen LogP contribution in [0.1, 0.15) is 36.7 Å². The molecule has 0 saturated carbocycles. The van der Waals surface area contributed by atoms with Crippen LogP contribution in [0.25, 0.3) is 6.08 Å². The number of carbonyl (C=O) groups is 1. The molecule has 0 bridgehead atoms. The maximum Gasteiger partial charge on any atom is 0.163 e. The van der Waals surface area contributed by atoms with Crippen LogP contribution < -0.4 is 9.47 Å². The molecule has 19 heavy (non-hydrogen) atoms. The van der Waals surface area contributed by atoms with Gasteiger partial charge in [-0.2, -0.15) is 0 Å². The van der Waals surface area contributed by atoms with Crippen LogP contribution in [0.3, 0.4) is 0 Å². The maximum atomic E-state index is 11.6. The fourth-order valence-corrected chi connectivity index (χ4v) is 1.98. The topological polar surface area (TPSA) is 35.5 Å². The molecular weight excluding hydrogens is 240 g/mol. The van der Waals surface area contributed by atoms with Crippen LogP contribution in [0.2, 0.25) is 0 Å². The van der Waals surface area contributed by atoms with E-state index in [1.807, 2.05) is 26.0 Å². The van der Waals surface area contributed by atoms with E-state index in [-0.39, 0.29) is 18.0 Å². The van der Waals surface area contributed by atoms with E-state index in [4.69, 9.17) is 15.9 Å². The molecule has 2 rings (SSSR count). The van der Waals surface area contributed by atoms with Gasteiger partial charge < -0.3 is 9.47 Å². The van der Waals surface area contributed by atoms with Crippen LogP contribution in [-0.4, -0.2) is 18.0 Å². The Labute approximate surface area is 113 Å². The van der Waals surface area contributed by atoms with E-state index in [1.54, 1.807) is 12.1 Å². The Morgan fingerprint density at radius 1 is 1.47 bits per heavy atom. The zero-order valence-corrected chi connectivity index (χ0v) is 11.3. The molecule has 1 heterocycles. The number of terminal acetylenes is 1. The van der Waals surface area contributed by atoms with Gasteiger partial charge in [0.05, 0.1) is 11.1 Å². The van der Waals surface area contributed by atoms with Gasteiger partial charge in [-0.1, -0.05) is 5.92 Å². The first-order valence-corrected chi connectivity index (χ1v) is 6.07. The van der Waals surface area contributed by atoms with Crippen LogP contribution in [0.15, 0.2) is 18.2 Å². The Morgan fingerprint density at radius 2 is 2.21 bits per heavy atom. The molecule has 0 amide bonds. The van der Waals surface area contributed by atoms with Gasteiger partial charge in [0, 0.05) is 0 Å². The Morgan fingerprint density at radius 3 is 2.84 bits per heavy atom. The SMILES string of the molecule is C#CCOc1c(C(C)=O)ccc2c1C=CC(C)(C)O2. The average molecular weight is 256 g/mol. The van der Waals surface area contributed by atoms with Crippen molar-refractivity contribution in [2.45, 2.75) is 26.4 Å². The number of fused-ring (bicyclic) bond motifs is 1. The molecule has 98 valence electrons. The second-order valence-corrected chi connectivity index (χ2v) is 4.94. The van der Waals surface area contributed by atoms with Gasteiger partial charge in [-0.15, -0.1) is 6.42 Å². The van der Waals surface area contributed by atoms with E-state index in [1.165, 1.54) is 6.92 Å². The second kappa shape index (κ2) is 4.81. The third kappa shape index (κ3) is 2.63. The lowest BCUT2D eigenvalue weighted by Gasteiger charge is -2.29. The zero-order valence-electron chi connectivity index (χ0n) is 11.3. The fraction of sp³-hybridized carbons (Fsp3) is 0.312. The number of benzene rings is 1. The number of rotatable bonds is 3. The average Bonchev–Trinajstić information content (AvgIpc) is 2.33. The van der Waals surface area contributed by atoms with Gasteiger partial charge in [0.15, 0.2) is 5.78 Å². The molecule has 3 heteroatoms. The molecule has 0 atom stereocenters. The summed E-state index contributed by atoms with van der Waals surface area (Å²) in [4.78, 5) is 11.6. The molecule has 1 aliphatic rings. The highest BCUT2D eigenvalue weighted by molar-refractivity contribution is 5.98. The standard InChI is InChI=1S/C16H16O3/c1-5-10-18-15-12(11(2)17)6-7-14-13(15)8-9-16(3,4)19-14/h1,6-9H,10H2,2-4H3. The van der Waals surface area contributed by atoms with Crippen molar-refractivity contribution in [2.24, 2.45) is 0 Å². The number of hydrogen-bond acceptors (Lipinski definition) is 3. The van der Waals surface area contributed by atoms with E-state index < -0.39 is 0 Å². The lowest BCUT2D eigenvalue weighted by atomic mass is 9.98. The number of Topliss-reactive ketones (excluding diaryl/α,β-unsaturated/α-hetero) is 1. The fourth-order valence-electron chi connectivity index (χ4n) is 1.98. The second-order valence-electron chi connectivity index (χ2n) is 4.94. The summed E-state index contributed by atoms with van der Waals surface area (Å²) in [6, 6.07) is 3.50. The maximum absolute atomic E-state index is 11.6. The quantitative estimate of drug-likeness (QED) is 0.616. The predicted octanol–water partition coefficient (Wildman–Crippen LogP) is 3.09. The molecule has 1 aromatic carbocycles. The van der Waals surface area contributed by atoms with Gasteiger partial charge in [0.25, 0.3) is 0 Å². The molecule has 0 spiro atoms. The summed E-state index contributed by atoms with van der Waals surface area (Å²) in [6.07, 6.45) is 9.06. The van der Waals surface area contributed by atoms with Crippen molar-refractivity contribution < 1.29 is 14.3 Å². The molecule has 3 nitrogen and oxygen atoms in total. The van der Waals surface area contributed by atoms with Gasteiger partial charge in [0.1, 0.15) is 23.7 Å². The Kier molecular flexibility index (Phi) is 3.35. The van der Waals surface area contributed by atoms with Crippen molar-refractivity contribution >= 4 is 11.9 Å². The molecule has 0 radical (unpaired) electrons. The van der Waals surface area contributed by atoms with Gasteiger partial charge in [-0.25, -0.2) is 0 Å². The number of ketones is 1. The molecule has 1 aromatic rings. The lowest BCUT2D eigenvalue weighted by molar-refractivity contribution is 0.101. The number of ether oxygens (including phenoxy) is 2. The Bertz CT molecular complexity index is 589. The molecule has 0 aromatic heterocycles. The largest absolute Gasteiger partial charge is 0.483 e. The first kappa shape index (κ1) is 13.2. The van der Waals surface area contributed by atoms with Crippen LogP contribution >= 0.6 is 0 Å². The summed E-state index contributed by atoms with van der Waals surface area (Å²) < 4.78 is 11.4. The van der Waals surface area contributed by atoms with E-state index in [0.29, 0.717) is 17.1 Å². The van der Waals surface area contributed by atoms with Crippen molar-refractivity contribution in [3.8, 4) is 23.8 Å². The minimum atomic E-state index is -0.367. The summed E-state index contributed by atoms with van der Waals surface area (Å²) in [5.41, 5.74) is 0.915. The number of hydrogen-bond donors (Lipinski definition) is 0. The highest BCUT2D eigenvalue weighted by Crippen LogP contribution is 2.39. The monoisotopic (exact) mass is 256 g/mol. The Balaban J connectivity index is 2.54. The minimum absolute atomic E-state index is 0.0620. The van der Waals surface area contributed by atoms with Crippen molar-refractivity contribution in [1.82, 2.24) is 0 Å². The third-order valence-electron chi connectivity index (χ3n) is 2.86. The smallest absolute Gasteiger partial charge is 0.163 e. The van der Waals surface area contributed by atoms with E-state index in [0.717, 1.165) is 5.56 Å². The van der Waals surface area contributed by atoms with Crippen molar-refractivity contribution in [3.63, 3.8) is 0 Å². The first-order chi connectivity index (χ1) is 8.94. The molecule has 0 fully saturated rings.